The van der Waals surface area contributed by atoms with Crippen LogP contribution in [0.4, 0.5) is 0 Å². The molecule has 10 rings (SSSR count). The van der Waals surface area contributed by atoms with Crippen molar-refractivity contribution in [2.24, 2.45) is 0 Å². The molecule has 0 spiro atoms. The Kier molecular flexibility index (Phi) is 6.98. The first-order valence-electron chi connectivity index (χ1n) is 17.1. The number of hydrogen-bond donors (Lipinski definition) is 0. The number of para-hydroxylation sites is 1. The monoisotopic (exact) mass is 681 g/mol. The van der Waals surface area contributed by atoms with Crippen molar-refractivity contribution in [1.29, 1.82) is 5.26 Å². The minimum atomic E-state index is 0.635. The van der Waals surface area contributed by atoms with Crippen molar-refractivity contribution in [2.45, 2.75) is 0 Å². The first-order valence-corrected chi connectivity index (χ1v) is 17.9. The van der Waals surface area contributed by atoms with Gasteiger partial charge in [0.15, 0.2) is 17.5 Å². The van der Waals surface area contributed by atoms with Crippen molar-refractivity contribution >= 4 is 53.3 Å². The molecule has 0 radical (unpaired) electrons. The maximum absolute atomic E-state index is 9.27. The molecule has 6 heteroatoms. The molecule has 0 aliphatic carbocycles. The summed E-state index contributed by atoms with van der Waals surface area (Å²) in [5.74, 6) is 1.92. The molecular weight excluding hydrogens is 655 g/mol. The normalized spacial score (nSPS) is 11.4. The Balaban J connectivity index is 1.13. The highest BCUT2D eigenvalue weighted by atomic mass is 32.1. The van der Waals surface area contributed by atoms with Crippen molar-refractivity contribution in [2.75, 3.05) is 0 Å². The summed E-state index contributed by atoms with van der Waals surface area (Å²) in [6, 6.07) is 58.7. The van der Waals surface area contributed by atoms with E-state index in [2.05, 4.69) is 89.5 Å². The zero-order valence-electron chi connectivity index (χ0n) is 27.7. The highest BCUT2D eigenvalue weighted by Crippen LogP contribution is 2.40. The van der Waals surface area contributed by atoms with E-state index in [0.29, 0.717) is 23.0 Å². The lowest BCUT2D eigenvalue weighted by Gasteiger charge is -2.10. The van der Waals surface area contributed by atoms with Gasteiger partial charge in [-0.15, -0.1) is 11.3 Å². The Bertz CT molecular complexity index is 2950. The van der Waals surface area contributed by atoms with Crippen LogP contribution in [0.5, 0.6) is 0 Å². The Morgan fingerprint density at radius 1 is 0.423 bits per heavy atom. The van der Waals surface area contributed by atoms with Crippen LogP contribution in [0.15, 0.2) is 164 Å². The Morgan fingerprint density at radius 2 is 0.962 bits per heavy atom. The van der Waals surface area contributed by atoms with E-state index >= 15 is 0 Å². The van der Waals surface area contributed by atoms with Crippen molar-refractivity contribution in [3.63, 3.8) is 0 Å². The van der Waals surface area contributed by atoms with Gasteiger partial charge in [-0.1, -0.05) is 97.1 Å². The van der Waals surface area contributed by atoms with Crippen molar-refractivity contribution < 1.29 is 0 Å². The fraction of sp³-hybridized carbons (Fsp3) is 0. The van der Waals surface area contributed by atoms with Crippen LogP contribution in [0.1, 0.15) is 5.56 Å². The molecular formula is C46H27N5S. The third kappa shape index (κ3) is 5.03. The quantitative estimate of drug-likeness (QED) is 0.181. The van der Waals surface area contributed by atoms with Crippen LogP contribution < -0.4 is 0 Å². The van der Waals surface area contributed by atoms with Crippen LogP contribution in [0, 0.1) is 11.3 Å². The molecule has 3 heterocycles. The molecule has 242 valence electrons. The van der Waals surface area contributed by atoms with E-state index in [0.717, 1.165) is 49.9 Å². The molecule has 0 atom stereocenters. The molecule has 10 aromatic rings. The topological polar surface area (TPSA) is 67.4 Å². The minimum Gasteiger partial charge on any atom is -0.309 e. The van der Waals surface area contributed by atoms with Crippen LogP contribution in [0.3, 0.4) is 0 Å². The summed E-state index contributed by atoms with van der Waals surface area (Å²) in [6.45, 7) is 0. The van der Waals surface area contributed by atoms with Crippen LogP contribution in [-0.2, 0) is 0 Å². The summed E-state index contributed by atoms with van der Waals surface area (Å²) in [6.07, 6.45) is 0. The molecule has 0 aliphatic rings. The van der Waals surface area contributed by atoms with Crippen LogP contribution >= 0.6 is 11.3 Å². The van der Waals surface area contributed by atoms with Gasteiger partial charge in [0.05, 0.1) is 22.7 Å². The molecule has 7 aromatic carbocycles. The largest absolute Gasteiger partial charge is 0.309 e. The van der Waals surface area contributed by atoms with Gasteiger partial charge in [0, 0.05) is 53.3 Å². The Labute approximate surface area is 303 Å². The van der Waals surface area contributed by atoms with E-state index < -0.39 is 0 Å². The van der Waals surface area contributed by atoms with E-state index in [-0.39, 0.29) is 0 Å². The second kappa shape index (κ2) is 12.1. The standard InChI is InChI=1S/C46H27N5S/c47-28-29-15-17-30(18-16-29)33-20-23-42-38(25-33)39-27-35(21-24-43(39)52-42)51-40-14-8-7-13-36(40)37-26-34(19-22-41(37)51)46-49-44(31-9-3-1-4-10-31)48-45(50-46)32-11-5-2-6-12-32/h1-27H. The minimum absolute atomic E-state index is 0.635. The summed E-state index contributed by atoms with van der Waals surface area (Å²) < 4.78 is 4.86. The van der Waals surface area contributed by atoms with Crippen LogP contribution in [0.25, 0.3) is 93.0 Å². The zero-order valence-corrected chi connectivity index (χ0v) is 28.5. The number of aromatic nitrogens is 4. The van der Waals surface area contributed by atoms with E-state index in [4.69, 9.17) is 15.0 Å². The predicted octanol–water partition coefficient (Wildman–Crippen LogP) is 11.9. The van der Waals surface area contributed by atoms with Crippen molar-refractivity contribution in [3.8, 4) is 57.0 Å². The molecule has 52 heavy (non-hydrogen) atoms. The van der Waals surface area contributed by atoms with E-state index in [1.54, 1.807) is 0 Å². The fourth-order valence-electron chi connectivity index (χ4n) is 7.15. The summed E-state index contributed by atoms with van der Waals surface area (Å²) in [5.41, 5.74) is 9.07. The molecule has 0 N–H and O–H groups in total. The van der Waals surface area contributed by atoms with Gasteiger partial charge in [-0.2, -0.15) is 5.26 Å². The number of nitrogens with zero attached hydrogens (tertiary/aromatic N) is 5. The zero-order chi connectivity index (χ0) is 34.6. The van der Waals surface area contributed by atoms with E-state index in [1.807, 2.05) is 96.3 Å². The Morgan fingerprint density at radius 3 is 1.65 bits per heavy atom. The molecule has 0 aliphatic heterocycles. The molecule has 0 unspecified atom stereocenters. The highest BCUT2D eigenvalue weighted by molar-refractivity contribution is 7.25. The average Bonchev–Trinajstić information content (AvgIpc) is 3.76. The lowest BCUT2D eigenvalue weighted by Crippen LogP contribution is -2.00. The number of nitriles is 1. The van der Waals surface area contributed by atoms with E-state index in [1.165, 1.54) is 25.6 Å². The summed E-state index contributed by atoms with van der Waals surface area (Å²) >= 11 is 1.81. The molecule has 0 saturated carbocycles. The molecule has 0 fully saturated rings. The van der Waals surface area contributed by atoms with Crippen molar-refractivity contribution in [3.05, 3.63) is 169 Å². The smallest absolute Gasteiger partial charge is 0.164 e. The van der Waals surface area contributed by atoms with Crippen LogP contribution in [-0.4, -0.2) is 19.5 Å². The second-order valence-electron chi connectivity index (χ2n) is 12.8. The molecule has 3 aromatic heterocycles. The maximum Gasteiger partial charge on any atom is 0.164 e. The van der Waals surface area contributed by atoms with Gasteiger partial charge in [-0.05, 0) is 77.9 Å². The van der Waals surface area contributed by atoms with Gasteiger partial charge in [-0.25, -0.2) is 15.0 Å². The predicted molar refractivity (Wildman–Crippen MR) is 214 cm³/mol. The van der Waals surface area contributed by atoms with Gasteiger partial charge in [0.25, 0.3) is 0 Å². The molecule has 5 nitrogen and oxygen atoms in total. The van der Waals surface area contributed by atoms with Gasteiger partial charge in [0.1, 0.15) is 0 Å². The lowest BCUT2D eigenvalue weighted by molar-refractivity contribution is 1.07. The highest BCUT2D eigenvalue weighted by Gasteiger charge is 2.17. The van der Waals surface area contributed by atoms with Gasteiger partial charge in [-0.3, -0.25) is 0 Å². The number of rotatable bonds is 5. The van der Waals surface area contributed by atoms with Crippen LogP contribution in [0.2, 0.25) is 0 Å². The molecule has 0 saturated heterocycles. The molecule has 0 bridgehead atoms. The lowest BCUT2D eigenvalue weighted by atomic mass is 10.0. The first-order chi connectivity index (χ1) is 25.7. The van der Waals surface area contributed by atoms with Gasteiger partial charge >= 0.3 is 0 Å². The third-order valence-corrected chi connectivity index (χ3v) is 10.8. The summed E-state index contributed by atoms with van der Waals surface area (Å²) in [4.78, 5) is 14.9. The first kappa shape index (κ1) is 29.9. The van der Waals surface area contributed by atoms with Crippen molar-refractivity contribution in [1.82, 2.24) is 19.5 Å². The number of benzene rings is 7. The van der Waals surface area contributed by atoms with Gasteiger partial charge < -0.3 is 4.57 Å². The SMILES string of the molecule is N#Cc1ccc(-c2ccc3sc4ccc(-n5c6ccccc6c6cc(-c7nc(-c8ccccc8)nc(-c8ccccc8)n7)ccc65)cc4c3c2)cc1. The number of hydrogen-bond acceptors (Lipinski definition) is 5. The number of fused-ring (bicyclic) bond motifs is 6. The second-order valence-corrected chi connectivity index (χ2v) is 13.9. The average molecular weight is 682 g/mol. The summed E-state index contributed by atoms with van der Waals surface area (Å²) in [5, 5.41) is 14.0. The van der Waals surface area contributed by atoms with Gasteiger partial charge in [0.2, 0.25) is 0 Å². The van der Waals surface area contributed by atoms with E-state index in [9.17, 15) is 5.26 Å². The maximum atomic E-state index is 9.27. The fourth-order valence-corrected chi connectivity index (χ4v) is 8.22. The number of thiophene rings is 1. The Hall–Kier alpha value is -6.94. The summed E-state index contributed by atoms with van der Waals surface area (Å²) in [7, 11) is 0. The molecule has 0 amide bonds. The third-order valence-electron chi connectivity index (χ3n) is 9.69.